The lowest BCUT2D eigenvalue weighted by atomic mass is 9.96. The summed E-state index contributed by atoms with van der Waals surface area (Å²) in [7, 11) is 0. The molecule has 2 atom stereocenters. The first kappa shape index (κ1) is 13.7. The molecule has 1 saturated heterocycles. The Morgan fingerprint density at radius 1 is 1.56 bits per heavy atom. The molecule has 1 aliphatic rings. The van der Waals surface area contributed by atoms with E-state index in [2.05, 4.69) is 4.90 Å². The van der Waals surface area contributed by atoms with Crippen molar-refractivity contribution < 1.29 is 9.90 Å². The molecule has 3 nitrogen and oxygen atoms in total. The molecule has 1 aromatic rings. The Labute approximate surface area is 112 Å². The van der Waals surface area contributed by atoms with Crippen LogP contribution in [0, 0.1) is 19.8 Å². The number of rotatable bonds is 3. The summed E-state index contributed by atoms with van der Waals surface area (Å²) in [6, 6.07) is 1.99. The summed E-state index contributed by atoms with van der Waals surface area (Å²) in [4.78, 5) is 16.7. The summed E-state index contributed by atoms with van der Waals surface area (Å²) in [5.74, 6) is 0.470. The molecule has 1 fully saturated rings. The molecule has 0 amide bonds. The summed E-state index contributed by atoms with van der Waals surface area (Å²) in [6.07, 6.45) is 0.567. The number of thiophene rings is 1. The van der Waals surface area contributed by atoms with Crippen molar-refractivity contribution in [2.45, 2.75) is 33.3 Å². The average molecular weight is 267 g/mol. The molecule has 100 valence electrons. The number of ketones is 1. The van der Waals surface area contributed by atoms with Crippen LogP contribution in [0.25, 0.3) is 0 Å². The van der Waals surface area contributed by atoms with E-state index < -0.39 is 0 Å². The van der Waals surface area contributed by atoms with Crippen LogP contribution in [0.4, 0.5) is 0 Å². The highest BCUT2D eigenvalue weighted by Gasteiger charge is 2.26. The number of carbonyl (C=O) groups is 1. The third-order valence-corrected chi connectivity index (χ3v) is 4.62. The van der Waals surface area contributed by atoms with E-state index in [1.54, 1.807) is 11.3 Å². The van der Waals surface area contributed by atoms with E-state index in [4.69, 9.17) is 0 Å². The third-order valence-electron chi connectivity index (χ3n) is 3.65. The lowest BCUT2D eigenvalue weighted by Gasteiger charge is -2.33. The lowest BCUT2D eigenvalue weighted by molar-refractivity contribution is 0.0344. The largest absolute Gasteiger partial charge is 0.393 e. The molecule has 1 aromatic heterocycles. The maximum absolute atomic E-state index is 12.2. The van der Waals surface area contributed by atoms with Crippen molar-refractivity contribution in [3.05, 3.63) is 21.4 Å². The second-order valence-electron chi connectivity index (χ2n) is 5.32. The zero-order chi connectivity index (χ0) is 13.3. The van der Waals surface area contributed by atoms with Gasteiger partial charge in [0.15, 0.2) is 5.78 Å². The molecular formula is C14H21NO2S. The van der Waals surface area contributed by atoms with Crippen LogP contribution in [0.3, 0.4) is 0 Å². The van der Waals surface area contributed by atoms with Crippen molar-refractivity contribution in [1.29, 1.82) is 0 Å². The van der Waals surface area contributed by atoms with Gasteiger partial charge in [-0.3, -0.25) is 9.69 Å². The highest BCUT2D eigenvalue weighted by molar-refractivity contribution is 7.12. The first-order chi connectivity index (χ1) is 8.47. The van der Waals surface area contributed by atoms with Gasteiger partial charge in [-0.25, -0.2) is 0 Å². The van der Waals surface area contributed by atoms with Crippen molar-refractivity contribution in [2.75, 3.05) is 19.6 Å². The molecule has 18 heavy (non-hydrogen) atoms. The highest BCUT2D eigenvalue weighted by Crippen LogP contribution is 2.22. The normalized spacial score (nSPS) is 25.3. The van der Waals surface area contributed by atoms with Gasteiger partial charge in [-0.2, -0.15) is 0 Å². The molecule has 0 spiro atoms. The van der Waals surface area contributed by atoms with Gasteiger partial charge in [-0.1, -0.05) is 6.92 Å². The molecule has 2 rings (SSSR count). The number of Topliss-reactive ketones (excluding diaryl/α,β-unsaturated/α-hetero) is 1. The number of likely N-dealkylation sites (tertiary alicyclic amines) is 1. The van der Waals surface area contributed by atoms with Crippen LogP contribution in [-0.2, 0) is 0 Å². The Morgan fingerprint density at radius 3 is 2.83 bits per heavy atom. The second-order valence-corrected chi connectivity index (χ2v) is 6.78. The van der Waals surface area contributed by atoms with Crippen molar-refractivity contribution in [3.63, 3.8) is 0 Å². The van der Waals surface area contributed by atoms with E-state index in [1.165, 1.54) is 4.88 Å². The predicted octanol–water partition coefficient (Wildman–Crippen LogP) is 2.25. The topological polar surface area (TPSA) is 40.5 Å². The van der Waals surface area contributed by atoms with Crippen molar-refractivity contribution in [3.8, 4) is 0 Å². The van der Waals surface area contributed by atoms with E-state index >= 15 is 0 Å². The predicted molar refractivity (Wildman–Crippen MR) is 74.4 cm³/mol. The Balaban J connectivity index is 1.98. The molecule has 0 bridgehead atoms. The van der Waals surface area contributed by atoms with Crippen LogP contribution in [0.2, 0.25) is 0 Å². The summed E-state index contributed by atoms with van der Waals surface area (Å²) >= 11 is 1.68. The minimum Gasteiger partial charge on any atom is -0.393 e. The van der Waals surface area contributed by atoms with Crippen LogP contribution < -0.4 is 0 Å². The highest BCUT2D eigenvalue weighted by atomic mass is 32.1. The standard InChI is InChI=1S/C14H21NO2S/c1-9-7-15(5-4-13(9)16)8-14(17)12-6-10(2)18-11(12)3/h6,9,13,16H,4-5,7-8H2,1-3H3. The van der Waals surface area contributed by atoms with E-state index in [-0.39, 0.29) is 17.8 Å². The maximum Gasteiger partial charge on any atom is 0.177 e. The van der Waals surface area contributed by atoms with Crippen LogP contribution in [0.5, 0.6) is 0 Å². The van der Waals surface area contributed by atoms with Gasteiger partial charge in [0.25, 0.3) is 0 Å². The van der Waals surface area contributed by atoms with Crippen LogP contribution in [0.15, 0.2) is 6.07 Å². The van der Waals surface area contributed by atoms with Crippen LogP contribution in [0.1, 0.15) is 33.5 Å². The van der Waals surface area contributed by atoms with Gasteiger partial charge in [-0.05, 0) is 32.3 Å². The minimum absolute atomic E-state index is 0.207. The number of aliphatic hydroxyl groups excluding tert-OH is 1. The first-order valence-corrected chi connectivity index (χ1v) is 7.29. The van der Waals surface area contributed by atoms with Gasteiger partial charge in [0.05, 0.1) is 12.6 Å². The SMILES string of the molecule is Cc1cc(C(=O)CN2CCC(O)C(C)C2)c(C)s1. The maximum atomic E-state index is 12.2. The van der Waals surface area contributed by atoms with E-state index in [1.807, 2.05) is 26.8 Å². The summed E-state index contributed by atoms with van der Waals surface area (Å²) in [5.41, 5.74) is 0.872. The Hall–Kier alpha value is -0.710. The Morgan fingerprint density at radius 2 is 2.28 bits per heavy atom. The van der Waals surface area contributed by atoms with Gasteiger partial charge in [-0.15, -0.1) is 11.3 Å². The number of nitrogens with zero attached hydrogens (tertiary/aromatic N) is 1. The number of hydrogen-bond acceptors (Lipinski definition) is 4. The van der Waals surface area contributed by atoms with Gasteiger partial charge in [0.2, 0.25) is 0 Å². The number of piperidine rings is 1. The number of carbonyl (C=O) groups excluding carboxylic acids is 1. The fourth-order valence-electron chi connectivity index (χ4n) is 2.56. The molecule has 0 saturated carbocycles. The molecule has 1 aliphatic heterocycles. The van der Waals surface area contributed by atoms with Gasteiger partial charge in [0.1, 0.15) is 0 Å². The zero-order valence-electron chi connectivity index (χ0n) is 11.3. The second kappa shape index (κ2) is 5.51. The molecule has 0 radical (unpaired) electrons. The van der Waals surface area contributed by atoms with E-state index in [9.17, 15) is 9.90 Å². The van der Waals surface area contributed by atoms with Crippen molar-refractivity contribution >= 4 is 17.1 Å². The monoisotopic (exact) mass is 267 g/mol. The molecule has 1 N–H and O–H groups in total. The van der Waals surface area contributed by atoms with Gasteiger partial charge in [0, 0.05) is 28.4 Å². The fourth-order valence-corrected chi connectivity index (χ4v) is 3.50. The van der Waals surface area contributed by atoms with Gasteiger partial charge < -0.3 is 5.11 Å². The van der Waals surface area contributed by atoms with Crippen LogP contribution >= 0.6 is 11.3 Å². The quantitative estimate of drug-likeness (QED) is 0.854. The summed E-state index contributed by atoms with van der Waals surface area (Å²) in [5, 5.41) is 9.68. The van der Waals surface area contributed by atoms with E-state index in [0.29, 0.717) is 6.54 Å². The number of aryl methyl sites for hydroxylation is 2. The molecule has 0 aromatic carbocycles. The minimum atomic E-state index is -0.207. The van der Waals surface area contributed by atoms with E-state index in [0.717, 1.165) is 30.0 Å². The lowest BCUT2D eigenvalue weighted by Crippen LogP contribution is -2.44. The van der Waals surface area contributed by atoms with Crippen LogP contribution in [-0.4, -0.2) is 41.5 Å². The average Bonchev–Trinajstić information content (AvgIpc) is 2.63. The third kappa shape index (κ3) is 2.99. The van der Waals surface area contributed by atoms with Crippen molar-refractivity contribution in [2.24, 2.45) is 5.92 Å². The molecular weight excluding hydrogens is 246 g/mol. The number of hydrogen-bond donors (Lipinski definition) is 1. The van der Waals surface area contributed by atoms with Gasteiger partial charge >= 0.3 is 0 Å². The fraction of sp³-hybridized carbons (Fsp3) is 0.643. The zero-order valence-corrected chi connectivity index (χ0v) is 12.1. The first-order valence-electron chi connectivity index (χ1n) is 6.48. The molecule has 4 heteroatoms. The summed E-state index contributed by atoms with van der Waals surface area (Å²) < 4.78 is 0. The molecule has 0 aliphatic carbocycles. The number of aliphatic hydroxyl groups is 1. The Kier molecular flexibility index (Phi) is 4.20. The molecule has 2 heterocycles. The molecule has 2 unspecified atom stereocenters. The van der Waals surface area contributed by atoms with Crippen molar-refractivity contribution in [1.82, 2.24) is 4.90 Å². The smallest absolute Gasteiger partial charge is 0.177 e. The Bertz CT molecular complexity index is 441. The summed E-state index contributed by atoms with van der Waals surface area (Å²) in [6.45, 7) is 8.20.